The van der Waals surface area contributed by atoms with E-state index in [1.165, 1.54) is 19.1 Å². The summed E-state index contributed by atoms with van der Waals surface area (Å²) in [6.07, 6.45) is 0. The molecular weight excluding hydrogens is 315 g/mol. The Balaban J connectivity index is 3.01. The second-order valence-corrected chi connectivity index (χ2v) is 5.70. The van der Waals surface area contributed by atoms with E-state index in [4.69, 9.17) is 0 Å². The zero-order valence-corrected chi connectivity index (χ0v) is 12.8. The Morgan fingerprint density at radius 2 is 2.16 bits per heavy atom. The van der Waals surface area contributed by atoms with E-state index in [1.54, 1.807) is 6.07 Å². The number of carboxylic acid groups (broad SMARTS) is 1. The minimum Gasteiger partial charge on any atom is -0.480 e. The van der Waals surface area contributed by atoms with E-state index in [9.17, 15) is 14.3 Å². The van der Waals surface area contributed by atoms with Crippen molar-refractivity contribution in [2.75, 3.05) is 27.2 Å². The summed E-state index contributed by atoms with van der Waals surface area (Å²) in [5, 5.41) is 12.3. The second-order valence-electron chi connectivity index (χ2n) is 4.78. The summed E-state index contributed by atoms with van der Waals surface area (Å²) in [4.78, 5) is 13.4. The van der Waals surface area contributed by atoms with Crippen molar-refractivity contribution in [3.05, 3.63) is 34.1 Å². The van der Waals surface area contributed by atoms with Crippen molar-refractivity contribution in [2.45, 2.75) is 12.5 Å². The number of carboxylic acids is 1. The quantitative estimate of drug-likeness (QED) is 0.837. The molecule has 0 fully saturated rings. The van der Waals surface area contributed by atoms with Crippen LogP contribution in [-0.2, 0) is 10.3 Å². The standard InChI is InChI=1S/C13H18BrFN2O2/c1-13(12(18)19,16-6-7-17(2)3)10-5-4-9(14)8-11(10)15/h4-5,8,16H,6-7H2,1-3H3,(H,18,19). The zero-order valence-electron chi connectivity index (χ0n) is 11.2. The molecule has 0 aliphatic rings. The molecule has 19 heavy (non-hydrogen) atoms. The van der Waals surface area contributed by atoms with Crippen LogP contribution >= 0.6 is 15.9 Å². The molecule has 6 heteroatoms. The Bertz CT molecular complexity index is 468. The topological polar surface area (TPSA) is 52.6 Å². The zero-order chi connectivity index (χ0) is 14.6. The number of carbonyl (C=O) groups is 1. The SMILES string of the molecule is CN(C)CCNC(C)(C(=O)O)c1ccc(Br)cc1F. The molecule has 106 valence electrons. The van der Waals surface area contributed by atoms with Gasteiger partial charge in [-0.15, -0.1) is 0 Å². The van der Waals surface area contributed by atoms with Crippen molar-refractivity contribution < 1.29 is 14.3 Å². The molecule has 0 aliphatic heterocycles. The maximum Gasteiger partial charge on any atom is 0.328 e. The van der Waals surface area contributed by atoms with Gasteiger partial charge in [0.1, 0.15) is 11.4 Å². The number of aliphatic carboxylic acids is 1. The van der Waals surface area contributed by atoms with Crippen molar-refractivity contribution in [2.24, 2.45) is 0 Å². The third-order valence-electron chi connectivity index (χ3n) is 2.94. The Labute approximate surface area is 120 Å². The molecule has 0 aliphatic carbocycles. The summed E-state index contributed by atoms with van der Waals surface area (Å²) in [5.41, 5.74) is -1.32. The third kappa shape index (κ3) is 3.99. The molecule has 0 amide bonds. The van der Waals surface area contributed by atoms with Crippen LogP contribution in [0.5, 0.6) is 0 Å². The lowest BCUT2D eigenvalue weighted by atomic mass is 9.91. The van der Waals surface area contributed by atoms with Crippen LogP contribution in [0, 0.1) is 5.82 Å². The summed E-state index contributed by atoms with van der Waals surface area (Å²) in [6, 6.07) is 4.38. The smallest absolute Gasteiger partial charge is 0.328 e. The lowest BCUT2D eigenvalue weighted by Gasteiger charge is -2.28. The average molecular weight is 333 g/mol. The van der Waals surface area contributed by atoms with Gasteiger partial charge in [0, 0.05) is 23.1 Å². The largest absolute Gasteiger partial charge is 0.480 e. The van der Waals surface area contributed by atoms with Gasteiger partial charge in [0.25, 0.3) is 0 Å². The molecule has 0 saturated carbocycles. The van der Waals surface area contributed by atoms with Crippen molar-refractivity contribution in [3.63, 3.8) is 0 Å². The molecule has 4 nitrogen and oxygen atoms in total. The summed E-state index contributed by atoms with van der Waals surface area (Å²) in [7, 11) is 3.78. The van der Waals surface area contributed by atoms with Gasteiger partial charge in [-0.05, 0) is 33.2 Å². The lowest BCUT2D eigenvalue weighted by molar-refractivity contribution is -0.144. The van der Waals surface area contributed by atoms with E-state index < -0.39 is 17.3 Å². The fourth-order valence-electron chi connectivity index (χ4n) is 1.71. The molecule has 0 saturated heterocycles. The van der Waals surface area contributed by atoms with Gasteiger partial charge in [-0.2, -0.15) is 0 Å². The van der Waals surface area contributed by atoms with Gasteiger partial charge in [0.2, 0.25) is 0 Å². The first-order valence-electron chi connectivity index (χ1n) is 5.86. The van der Waals surface area contributed by atoms with E-state index >= 15 is 0 Å². The van der Waals surface area contributed by atoms with Crippen LogP contribution in [0.3, 0.4) is 0 Å². The summed E-state index contributed by atoms with van der Waals surface area (Å²) >= 11 is 3.16. The van der Waals surface area contributed by atoms with Gasteiger partial charge in [-0.25, -0.2) is 9.18 Å². The number of hydrogen-bond acceptors (Lipinski definition) is 3. The molecule has 0 radical (unpaired) electrons. The van der Waals surface area contributed by atoms with Crippen LogP contribution in [0.4, 0.5) is 4.39 Å². The van der Waals surface area contributed by atoms with Gasteiger partial charge in [-0.3, -0.25) is 5.32 Å². The fourth-order valence-corrected chi connectivity index (χ4v) is 2.04. The van der Waals surface area contributed by atoms with E-state index in [-0.39, 0.29) is 5.56 Å². The Hall–Kier alpha value is -0.980. The maximum absolute atomic E-state index is 13.9. The number of benzene rings is 1. The minimum absolute atomic E-state index is 0.127. The van der Waals surface area contributed by atoms with Gasteiger partial charge in [0.05, 0.1) is 0 Å². The fraction of sp³-hybridized carbons (Fsp3) is 0.462. The van der Waals surface area contributed by atoms with Crippen LogP contribution in [0.2, 0.25) is 0 Å². The molecule has 1 aromatic rings. The molecule has 0 aromatic heterocycles. The van der Waals surface area contributed by atoms with E-state index in [2.05, 4.69) is 21.2 Å². The second kappa shape index (κ2) is 6.45. The lowest BCUT2D eigenvalue weighted by Crippen LogP contribution is -2.49. The molecule has 0 bridgehead atoms. The number of likely N-dealkylation sites (N-methyl/N-ethyl adjacent to an activating group) is 1. The number of hydrogen-bond donors (Lipinski definition) is 2. The van der Waals surface area contributed by atoms with Crippen LogP contribution in [0.25, 0.3) is 0 Å². The normalized spacial score (nSPS) is 14.4. The van der Waals surface area contributed by atoms with E-state index in [0.717, 1.165) is 0 Å². The number of rotatable bonds is 6. The van der Waals surface area contributed by atoms with Crippen molar-refractivity contribution in [3.8, 4) is 0 Å². The number of halogens is 2. The number of nitrogens with zero attached hydrogens (tertiary/aromatic N) is 1. The first-order chi connectivity index (χ1) is 8.77. The average Bonchev–Trinajstić information content (AvgIpc) is 2.27. The summed E-state index contributed by atoms with van der Waals surface area (Å²) in [5.74, 6) is -1.65. The summed E-state index contributed by atoms with van der Waals surface area (Å²) in [6.45, 7) is 2.59. The predicted octanol–water partition coefficient (Wildman–Crippen LogP) is 2.04. The van der Waals surface area contributed by atoms with Crippen LogP contribution in [0.1, 0.15) is 12.5 Å². The highest BCUT2D eigenvalue weighted by atomic mass is 79.9. The highest BCUT2D eigenvalue weighted by Crippen LogP contribution is 2.26. The molecule has 1 rings (SSSR count). The molecular formula is C13H18BrFN2O2. The van der Waals surface area contributed by atoms with Gasteiger partial charge in [-0.1, -0.05) is 22.0 Å². The first-order valence-corrected chi connectivity index (χ1v) is 6.65. The molecule has 2 N–H and O–H groups in total. The van der Waals surface area contributed by atoms with E-state index in [1.807, 2.05) is 19.0 Å². The first kappa shape index (κ1) is 16.1. The van der Waals surface area contributed by atoms with Crippen molar-refractivity contribution >= 4 is 21.9 Å². The van der Waals surface area contributed by atoms with Crippen LogP contribution in [-0.4, -0.2) is 43.2 Å². The Kier molecular flexibility index (Phi) is 5.46. The third-order valence-corrected chi connectivity index (χ3v) is 3.43. The molecule has 0 spiro atoms. The van der Waals surface area contributed by atoms with Crippen LogP contribution in [0.15, 0.2) is 22.7 Å². The monoisotopic (exact) mass is 332 g/mol. The molecule has 1 unspecified atom stereocenters. The number of nitrogens with one attached hydrogen (secondary N) is 1. The Morgan fingerprint density at radius 3 is 2.63 bits per heavy atom. The van der Waals surface area contributed by atoms with Gasteiger partial charge in [0.15, 0.2) is 0 Å². The van der Waals surface area contributed by atoms with Crippen molar-refractivity contribution in [1.29, 1.82) is 0 Å². The highest BCUT2D eigenvalue weighted by Gasteiger charge is 2.36. The summed E-state index contributed by atoms with van der Waals surface area (Å²) < 4.78 is 14.5. The minimum atomic E-state index is -1.44. The molecule has 1 aromatic carbocycles. The van der Waals surface area contributed by atoms with Gasteiger partial charge >= 0.3 is 5.97 Å². The highest BCUT2D eigenvalue weighted by molar-refractivity contribution is 9.10. The predicted molar refractivity (Wildman–Crippen MR) is 75.6 cm³/mol. The maximum atomic E-state index is 13.9. The van der Waals surface area contributed by atoms with Gasteiger partial charge < -0.3 is 10.0 Å². The molecule has 1 atom stereocenters. The van der Waals surface area contributed by atoms with E-state index in [0.29, 0.717) is 17.6 Å². The van der Waals surface area contributed by atoms with Crippen molar-refractivity contribution in [1.82, 2.24) is 10.2 Å². The molecule has 0 heterocycles. The Morgan fingerprint density at radius 1 is 1.53 bits per heavy atom. The van der Waals surface area contributed by atoms with Crippen LogP contribution < -0.4 is 5.32 Å².